The largest absolute Gasteiger partial charge is 0.491 e. The Balaban J connectivity index is 1.43. The highest BCUT2D eigenvalue weighted by Gasteiger charge is 2.11. The van der Waals surface area contributed by atoms with E-state index in [1.54, 1.807) is 24.3 Å². The van der Waals surface area contributed by atoms with Gasteiger partial charge in [-0.3, -0.25) is 9.69 Å². The van der Waals surface area contributed by atoms with E-state index in [9.17, 15) is 4.79 Å². The van der Waals surface area contributed by atoms with Crippen LogP contribution in [-0.2, 0) is 6.42 Å². The fraction of sp³-hybridized carbons (Fsp3) is 0.381. The van der Waals surface area contributed by atoms with E-state index < -0.39 is 0 Å². The van der Waals surface area contributed by atoms with Gasteiger partial charge >= 0.3 is 0 Å². The molecule has 1 fully saturated rings. The summed E-state index contributed by atoms with van der Waals surface area (Å²) in [7, 11) is 0. The van der Waals surface area contributed by atoms with E-state index in [1.165, 1.54) is 25.9 Å². The smallest absolute Gasteiger partial charge is 0.251 e. The molecule has 2 aromatic rings. The van der Waals surface area contributed by atoms with E-state index in [0.29, 0.717) is 23.7 Å². The SMILES string of the molecule is O=C(NCCc1ccc(OCCN2CCCC2)c(Br)c1)c1cccc(Cl)c1. The molecule has 0 radical (unpaired) electrons. The number of ether oxygens (including phenoxy) is 1. The van der Waals surface area contributed by atoms with Crippen molar-refractivity contribution in [1.29, 1.82) is 0 Å². The van der Waals surface area contributed by atoms with E-state index >= 15 is 0 Å². The van der Waals surface area contributed by atoms with E-state index in [-0.39, 0.29) is 5.91 Å². The summed E-state index contributed by atoms with van der Waals surface area (Å²) >= 11 is 9.51. The van der Waals surface area contributed by atoms with E-state index in [4.69, 9.17) is 16.3 Å². The van der Waals surface area contributed by atoms with Gasteiger partial charge in [-0.1, -0.05) is 23.7 Å². The second-order valence-corrected chi connectivity index (χ2v) is 7.97. The minimum atomic E-state index is -0.113. The molecule has 0 saturated carbocycles. The topological polar surface area (TPSA) is 41.6 Å². The minimum absolute atomic E-state index is 0.113. The average Bonchev–Trinajstić information content (AvgIpc) is 3.17. The van der Waals surface area contributed by atoms with Crippen molar-refractivity contribution >= 4 is 33.4 Å². The Labute approximate surface area is 174 Å². The number of nitrogens with zero attached hydrogens (tertiary/aromatic N) is 1. The quantitative estimate of drug-likeness (QED) is 0.640. The number of benzene rings is 2. The van der Waals surface area contributed by atoms with Crippen LogP contribution in [0.2, 0.25) is 5.02 Å². The fourth-order valence-corrected chi connectivity index (χ4v) is 3.89. The maximum Gasteiger partial charge on any atom is 0.251 e. The summed E-state index contributed by atoms with van der Waals surface area (Å²) < 4.78 is 6.84. The molecule has 1 aliphatic rings. The summed E-state index contributed by atoms with van der Waals surface area (Å²) in [5.41, 5.74) is 1.71. The van der Waals surface area contributed by atoms with Gasteiger partial charge < -0.3 is 10.1 Å². The Hall–Kier alpha value is -1.56. The van der Waals surface area contributed by atoms with Crippen molar-refractivity contribution in [2.45, 2.75) is 19.3 Å². The minimum Gasteiger partial charge on any atom is -0.491 e. The van der Waals surface area contributed by atoms with Gasteiger partial charge in [0.25, 0.3) is 5.91 Å². The first-order chi connectivity index (χ1) is 13.1. The molecule has 1 aliphatic heterocycles. The third-order valence-electron chi connectivity index (χ3n) is 4.65. The van der Waals surface area contributed by atoms with Gasteiger partial charge in [0, 0.05) is 23.7 Å². The molecular weight excluding hydrogens is 428 g/mol. The number of nitrogens with one attached hydrogen (secondary N) is 1. The van der Waals surface area contributed by atoms with Crippen molar-refractivity contribution in [3.63, 3.8) is 0 Å². The fourth-order valence-electron chi connectivity index (χ4n) is 3.16. The maximum atomic E-state index is 12.1. The normalized spacial score (nSPS) is 14.3. The van der Waals surface area contributed by atoms with E-state index in [1.807, 2.05) is 12.1 Å². The van der Waals surface area contributed by atoms with Gasteiger partial charge in [0.15, 0.2) is 0 Å². The Morgan fingerprint density at radius 3 is 2.74 bits per heavy atom. The van der Waals surface area contributed by atoms with Crippen LogP contribution in [0.5, 0.6) is 5.75 Å². The number of hydrogen-bond acceptors (Lipinski definition) is 3. The molecule has 1 saturated heterocycles. The zero-order valence-electron chi connectivity index (χ0n) is 15.2. The molecule has 0 aromatic heterocycles. The lowest BCUT2D eigenvalue weighted by Gasteiger charge is -2.16. The Morgan fingerprint density at radius 2 is 2.00 bits per heavy atom. The maximum absolute atomic E-state index is 12.1. The van der Waals surface area contributed by atoms with Gasteiger partial charge in [-0.25, -0.2) is 0 Å². The molecule has 0 spiro atoms. The van der Waals surface area contributed by atoms with Gasteiger partial charge in [0.1, 0.15) is 12.4 Å². The number of halogens is 2. The molecule has 6 heteroatoms. The molecule has 0 atom stereocenters. The molecule has 2 aromatic carbocycles. The summed E-state index contributed by atoms with van der Waals surface area (Å²) in [5, 5.41) is 3.49. The summed E-state index contributed by atoms with van der Waals surface area (Å²) in [6, 6.07) is 13.0. The predicted molar refractivity (Wildman–Crippen MR) is 113 cm³/mol. The summed E-state index contributed by atoms with van der Waals surface area (Å²) in [5.74, 6) is 0.749. The first kappa shape index (κ1) is 20.2. The summed E-state index contributed by atoms with van der Waals surface area (Å²) in [6.07, 6.45) is 3.34. The van der Waals surface area contributed by atoms with Crippen LogP contribution in [0.15, 0.2) is 46.9 Å². The van der Waals surface area contributed by atoms with Crippen molar-refractivity contribution in [2.75, 3.05) is 32.8 Å². The molecule has 0 bridgehead atoms. The lowest BCUT2D eigenvalue weighted by molar-refractivity contribution is 0.0954. The van der Waals surface area contributed by atoms with Crippen LogP contribution in [0.25, 0.3) is 0 Å². The second kappa shape index (κ2) is 10.1. The highest BCUT2D eigenvalue weighted by atomic mass is 79.9. The monoisotopic (exact) mass is 450 g/mol. The van der Waals surface area contributed by atoms with Crippen LogP contribution in [0.4, 0.5) is 0 Å². The van der Waals surface area contributed by atoms with Gasteiger partial charge in [0.05, 0.1) is 4.47 Å². The van der Waals surface area contributed by atoms with Crippen molar-refractivity contribution < 1.29 is 9.53 Å². The molecule has 1 amide bonds. The highest BCUT2D eigenvalue weighted by Crippen LogP contribution is 2.26. The van der Waals surface area contributed by atoms with Gasteiger partial charge in [-0.05, 0) is 84.2 Å². The summed E-state index contributed by atoms with van der Waals surface area (Å²) in [4.78, 5) is 14.6. The molecule has 144 valence electrons. The molecule has 0 aliphatic carbocycles. The highest BCUT2D eigenvalue weighted by molar-refractivity contribution is 9.10. The third kappa shape index (κ3) is 6.23. The van der Waals surface area contributed by atoms with Gasteiger partial charge in [-0.2, -0.15) is 0 Å². The number of likely N-dealkylation sites (tertiary alicyclic amines) is 1. The lowest BCUT2D eigenvalue weighted by Crippen LogP contribution is -2.25. The van der Waals surface area contributed by atoms with E-state index in [0.717, 1.165) is 28.8 Å². The zero-order chi connectivity index (χ0) is 19.1. The van der Waals surface area contributed by atoms with Crippen LogP contribution in [-0.4, -0.2) is 43.6 Å². The Bertz CT molecular complexity index is 779. The predicted octanol–water partition coefficient (Wildman–Crippen LogP) is 4.55. The zero-order valence-corrected chi connectivity index (χ0v) is 17.6. The van der Waals surface area contributed by atoms with Gasteiger partial charge in [0.2, 0.25) is 0 Å². The number of carbonyl (C=O) groups excluding carboxylic acids is 1. The number of hydrogen-bond donors (Lipinski definition) is 1. The Morgan fingerprint density at radius 1 is 1.19 bits per heavy atom. The van der Waals surface area contributed by atoms with Crippen molar-refractivity contribution in [2.24, 2.45) is 0 Å². The average molecular weight is 452 g/mol. The molecule has 27 heavy (non-hydrogen) atoms. The molecule has 1 heterocycles. The van der Waals surface area contributed by atoms with Gasteiger partial charge in [-0.15, -0.1) is 0 Å². The van der Waals surface area contributed by atoms with Crippen LogP contribution in [0, 0.1) is 0 Å². The van der Waals surface area contributed by atoms with Crippen LogP contribution >= 0.6 is 27.5 Å². The van der Waals surface area contributed by atoms with E-state index in [2.05, 4.69) is 32.2 Å². The molecule has 1 N–H and O–H groups in total. The molecular formula is C21H24BrClN2O2. The molecule has 4 nitrogen and oxygen atoms in total. The number of carbonyl (C=O) groups is 1. The molecule has 3 rings (SSSR count). The Kier molecular flexibility index (Phi) is 7.56. The molecule has 0 unspecified atom stereocenters. The lowest BCUT2D eigenvalue weighted by atomic mass is 10.1. The summed E-state index contributed by atoms with van der Waals surface area (Å²) in [6.45, 7) is 4.61. The van der Waals surface area contributed by atoms with Crippen LogP contribution in [0.1, 0.15) is 28.8 Å². The first-order valence-corrected chi connectivity index (χ1v) is 10.5. The third-order valence-corrected chi connectivity index (χ3v) is 5.50. The van der Waals surface area contributed by atoms with Crippen LogP contribution in [0.3, 0.4) is 0 Å². The number of amides is 1. The first-order valence-electron chi connectivity index (χ1n) is 9.29. The van der Waals surface area contributed by atoms with Crippen molar-refractivity contribution in [3.8, 4) is 5.75 Å². The number of rotatable bonds is 8. The second-order valence-electron chi connectivity index (χ2n) is 6.68. The van der Waals surface area contributed by atoms with Crippen molar-refractivity contribution in [3.05, 3.63) is 63.1 Å². The van der Waals surface area contributed by atoms with Crippen LogP contribution < -0.4 is 10.1 Å². The van der Waals surface area contributed by atoms with Crippen molar-refractivity contribution in [1.82, 2.24) is 10.2 Å². The standard InChI is InChI=1S/C21H24BrClN2O2/c22-19-14-16(6-7-20(19)27-13-12-25-10-1-2-11-25)8-9-24-21(26)17-4-3-5-18(23)15-17/h3-7,14-15H,1-2,8-13H2,(H,24,26).